The molecule has 0 amide bonds. The minimum Gasteiger partial charge on any atom is -0.486 e. The molecule has 1 unspecified atom stereocenters. The smallest absolute Gasteiger partial charge is 0.124 e. The molecule has 90 valence electrons. The monoisotopic (exact) mass is 230 g/mol. The Hall–Kier alpha value is -1.51. The van der Waals surface area contributed by atoms with E-state index in [4.69, 9.17) is 15.9 Å². The zero-order chi connectivity index (χ0) is 12.0. The molecule has 0 aromatic rings. The normalized spacial score (nSPS) is 34.9. The van der Waals surface area contributed by atoms with Crippen molar-refractivity contribution in [3.8, 4) is 0 Å². The second-order valence-corrected chi connectivity index (χ2v) is 5.20. The summed E-state index contributed by atoms with van der Waals surface area (Å²) in [4.78, 5) is 0. The van der Waals surface area contributed by atoms with Crippen molar-refractivity contribution < 1.29 is 4.74 Å². The Bertz CT molecular complexity index is 459. The number of hydrogen-bond acceptors (Lipinski definition) is 2. The highest BCUT2D eigenvalue weighted by atomic mass is 16.5. The minimum atomic E-state index is 0.167. The largest absolute Gasteiger partial charge is 0.486 e. The fraction of sp³-hybridized carbons (Fsp3) is 0.500. The second kappa shape index (κ2) is 3.76. The van der Waals surface area contributed by atoms with Gasteiger partial charge < -0.3 is 10.5 Å². The Labute approximate surface area is 102 Å². The first kappa shape index (κ1) is 10.6. The number of amidine groups is 1. The van der Waals surface area contributed by atoms with E-state index in [0.717, 1.165) is 30.6 Å². The molecule has 0 saturated carbocycles. The molecule has 3 aliphatic rings. The summed E-state index contributed by atoms with van der Waals surface area (Å²) in [5.74, 6) is 2.19. The molecule has 3 rings (SSSR count). The summed E-state index contributed by atoms with van der Waals surface area (Å²) in [6.45, 7) is 2.23. The van der Waals surface area contributed by atoms with Crippen molar-refractivity contribution in [2.45, 2.75) is 32.3 Å². The van der Waals surface area contributed by atoms with Gasteiger partial charge in [0.05, 0.1) is 0 Å². The van der Waals surface area contributed by atoms with Crippen molar-refractivity contribution in [3.63, 3.8) is 0 Å². The molecular formula is C14H18N2O. The predicted molar refractivity (Wildman–Crippen MR) is 67.5 cm³/mol. The average molecular weight is 230 g/mol. The third kappa shape index (κ3) is 1.61. The fourth-order valence-corrected chi connectivity index (χ4v) is 3.14. The molecule has 0 radical (unpaired) electrons. The summed E-state index contributed by atoms with van der Waals surface area (Å²) in [6, 6.07) is 0. The number of fused-ring (bicyclic) bond motifs is 3. The number of allylic oxidation sites excluding steroid dienone is 3. The van der Waals surface area contributed by atoms with E-state index in [-0.39, 0.29) is 11.9 Å². The summed E-state index contributed by atoms with van der Waals surface area (Å²) in [5, 5.41) is 7.72. The van der Waals surface area contributed by atoms with Crippen LogP contribution in [0.5, 0.6) is 0 Å². The third-order valence-electron chi connectivity index (χ3n) is 3.93. The van der Waals surface area contributed by atoms with Crippen molar-refractivity contribution >= 4 is 5.84 Å². The number of nitrogens with two attached hydrogens (primary N) is 1. The lowest BCUT2D eigenvalue weighted by molar-refractivity contribution is 0.158. The zero-order valence-electron chi connectivity index (χ0n) is 10.1. The van der Waals surface area contributed by atoms with Crippen LogP contribution in [0.4, 0.5) is 0 Å². The third-order valence-corrected chi connectivity index (χ3v) is 3.93. The van der Waals surface area contributed by atoms with E-state index in [0.29, 0.717) is 11.8 Å². The van der Waals surface area contributed by atoms with Gasteiger partial charge in [-0.3, -0.25) is 5.41 Å². The Morgan fingerprint density at radius 3 is 3.06 bits per heavy atom. The summed E-state index contributed by atoms with van der Waals surface area (Å²) in [6.07, 6.45) is 9.64. The van der Waals surface area contributed by atoms with Crippen molar-refractivity contribution in [1.29, 1.82) is 5.41 Å². The summed E-state index contributed by atoms with van der Waals surface area (Å²) >= 11 is 0. The number of rotatable bonds is 1. The maximum absolute atomic E-state index is 7.72. The first-order chi connectivity index (χ1) is 8.16. The quantitative estimate of drug-likeness (QED) is 0.413. The molecule has 0 aromatic carbocycles. The molecule has 2 aliphatic carbocycles. The number of hydrogen-bond donors (Lipinski definition) is 2. The molecular weight excluding hydrogens is 212 g/mol. The molecule has 0 spiro atoms. The van der Waals surface area contributed by atoms with E-state index in [9.17, 15) is 0 Å². The van der Waals surface area contributed by atoms with Crippen LogP contribution in [0.1, 0.15) is 26.2 Å². The summed E-state index contributed by atoms with van der Waals surface area (Å²) in [7, 11) is 0. The second-order valence-electron chi connectivity index (χ2n) is 5.20. The van der Waals surface area contributed by atoms with Crippen LogP contribution in [0.25, 0.3) is 0 Å². The van der Waals surface area contributed by atoms with Crippen LogP contribution in [0, 0.1) is 17.2 Å². The van der Waals surface area contributed by atoms with E-state index in [1.807, 2.05) is 0 Å². The zero-order valence-corrected chi connectivity index (χ0v) is 10.1. The first-order valence-electron chi connectivity index (χ1n) is 6.29. The lowest BCUT2D eigenvalue weighted by Gasteiger charge is -2.24. The molecule has 1 fully saturated rings. The Morgan fingerprint density at radius 2 is 2.29 bits per heavy atom. The molecule has 0 aromatic heterocycles. The molecule has 1 heterocycles. The highest BCUT2D eigenvalue weighted by molar-refractivity contribution is 5.96. The SMILES string of the molecule is C[C@H]1C=C[C@@H]2OC3=CCCC(C(=N)N)=C3C2C1. The standard InChI is InChI=1S/C14H18N2O/c1-8-5-6-11-10(7-8)13-9(14(15)16)3-2-4-12(13)17-11/h4-6,8,10-11H,2-3,7H2,1H3,(H3,15,16)/t8-,10?,11-/m0/s1. The van der Waals surface area contributed by atoms with Gasteiger partial charge in [-0.25, -0.2) is 0 Å². The Balaban J connectivity index is 2.06. The fourth-order valence-electron chi connectivity index (χ4n) is 3.14. The van der Waals surface area contributed by atoms with Gasteiger partial charge in [-0.1, -0.05) is 13.0 Å². The van der Waals surface area contributed by atoms with Gasteiger partial charge in [-0.15, -0.1) is 0 Å². The van der Waals surface area contributed by atoms with Gasteiger partial charge in [0.25, 0.3) is 0 Å². The highest BCUT2D eigenvalue weighted by Crippen LogP contribution is 2.46. The summed E-state index contributed by atoms with van der Waals surface area (Å²) < 4.78 is 5.96. The van der Waals surface area contributed by atoms with Gasteiger partial charge in [-0.2, -0.15) is 0 Å². The molecule has 0 bridgehead atoms. The van der Waals surface area contributed by atoms with Gasteiger partial charge in [-0.05, 0) is 37.3 Å². The minimum absolute atomic E-state index is 0.167. The van der Waals surface area contributed by atoms with Crippen molar-refractivity contribution in [1.82, 2.24) is 0 Å². The molecule has 3 N–H and O–H groups in total. The van der Waals surface area contributed by atoms with E-state index in [1.54, 1.807) is 0 Å². The number of nitrogens with one attached hydrogen (secondary N) is 1. The van der Waals surface area contributed by atoms with Gasteiger partial charge in [0, 0.05) is 17.1 Å². The van der Waals surface area contributed by atoms with Crippen LogP contribution in [-0.4, -0.2) is 11.9 Å². The Morgan fingerprint density at radius 1 is 1.47 bits per heavy atom. The van der Waals surface area contributed by atoms with Crippen molar-refractivity contribution in [2.24, 2.45) is 17.6 Å². The van der Waals surface area contributed by atoms with E-state index in [2.05, 4.69) is 25.2 Å². The molecule has 3 heteroatoms. The van der Waals surface area contributed by atoms with E-state index >= 15 is 0 Å². The average Bonchev–Trinajstić information content (AvgIpc) is 2.66. The Kier molecular flexibility index (Phi) is 2.35. The maximum atomic E-state index is 7.72. The van der Waals surface area contributed by atoms with Crippen LogP contribution in [0.3, 0.4) is 0 Å². The molecule has 1 saturated heterocycles. The van der Waals surface area contributed by atoms with Gasteiger partial charge in [0.1, 0.15) is 17.7 Å². The summed E-state index contributed by atoms with van der Waals surface area (Å²) in [5.41, 5.74) is 7.93. The van der Waals surface area contributed by atoms with Gasteiger partial charge in [0.2, 0.25) is 0 Å². The molecule has 3 atom stereocenters. The first-order valence-corrected chi connectivity index (χ1v) is 6.29. The van der Waals surface area contributed by atoms with Crippen LogP contribution in [0.2, 0.25) is 0 Å². The van der Waals surface area contributed by atoms with Crippen molar-refractivity contribution in [2.75, 3.05) is 0 Å². The maximum Gasteiger partial charge on any atom is 0.124 e. The predicted octanol–water partition coefficient (Wildman–Crippen LogP) is 2.51. The molecule has 3 nitrogen and oxygen atoms in total. The van der Waals surface area contributed by atoms with Crippen LogP contribution in [-0.2, 0) is 4.74 Å². The van der Waals surface area contributed by atoms with Crippen LogP contribution in [0.15, 0.2) is 35.1 Å². The highest BCUT2D eigenvalue weighted by Gasteiger charge is 2.41. The van der Waals surface area contributed by atoms with E-state index < -0.39 is 0 Å². The number of ether oxygens (including phenoxy) is 1. The van der Waals surface area contributed by atoms with E-state index in [1.165, 1.54) is 5.57 Å². The lowest BCUT2D eigenvalue weighted by Crippen LogP contribution is -2.24. The topological polar surface area (TPSA) is 59.1 Å². The van der Waals surface area contributed by atoms with Gasteiger partial charge >= 0.3 is 0 Å². The van der Waals surface area contributed by atoms with Gasteiger partial charge in [0.15, 0.2) is 0 Å². The van der Waals surface area contributed by atoms with Crippen LogP contribution < -0.4 is 5.73 Å². The molecule has 17 heavy (non-hydrogen) atoms. The lowest BCUT2D eigenvalue weighted by atomic mass is 9.78. The van der Waals surface area contributed by atoms with Crippen LogP contribution >= 0.6 is 0 Å². The molecule has 1 aliphatic heterocycles. The van der Waals surface area contributed by atoms with Crippen molar-refractivity contribution in [3.05, 3.63) is 35.1 Å².